The molecule has 13 nitrogen and oxygen atoms in total. The van der Waals surface area contributed by atoms with E-state index in [9.17, 15) is 34.2 Å². The number of primary amides is 2. The number of hydrogen-bond acceptors (Lipinski definition) is 7. The van der Waals surface area contributed by atoms with Gasteiger partial charge in [0.2, 0.25) is 29.5 Å². The van der Waals surface area contributed by atoms with Crippen LogP contribution >= 0.6 is 11.6 Å². The van der Waals surface area contributed by atoms with Gasteiger partial charge in [-0.25, -0.2) is 0 Å². The SMILES string of the molecule is C[C@H](O)[C@H](NC(=O)CCl)C(=O)N1CCCCC1(C(N)=O)[C@H](Cc1c[nH]c2ccccc12)C(=O)N[C@@H](Cc1ccc(O)cc1)C(N)=O. The van der Waals surface area contributed by atoms with Crippen molar-refractivity contribution in [1.82, 2.24) is 20.5 Å². The van der Waals surface area contributed by atoms with Crippen molar-refractivity contribution >= 4 is 52.0 Å². The lowest BCUT2D eigenvalue weighted by Gasteiger charge is -2.50. The largest absolute Gasteiger partial charge is 0.508 e. The Morgan fingerprint density at radius 2 is 1.72 bits per heavy atom. The van der Waals surface area contributed by atoms with Gasteiger partial charge < -0.3 is 42.2 Å². The fourth-order valence-electron chi connectivity index (χ4n) is 6.23. The Bertz CT molecular complexity index is 1590. The molecular weight excluding hydrogens is 616 g/mol. The first kappa shape index (κ1) is 34.3. The van der Waals surface area contributed by atoms with E-state index in [1.165, 1.54) is 24.0 Å². The summed E-state index contributed by atoms with van der Waals surface area (Å²) in [7, 11) is 0. The second-order valence-corrected chi connectivity index (χ2v) is 11.9. The third-order valence-electron chi connectivity index (χ3n) is 8.58. The molecule has 2 aromatic carbocycles. The second-order valence-electron chi connectivity index (χ2n) is 11.6. The third-order valence-corrected chi connectivity index (χ3v) is 8.82. The molecule has 0 spiro atoms. The summed E-state index contributed by atoms with van der Waals surface area (Å²) in [5.74, 6) is -5.84. The van der Waals surface area contributed by atoms with Crippen LogP contribution in [-0.2, 0) is 36.8 Å². The molecule has 0 bridgehead atoms. The average molecular weight is 655 g/mol. The number of H-pyrrole nitrogens is 1. The number of nitrogens with two attached hydrogens (primary N) is 2. The number of halogens is 1. The summed E-state index contributed by atoms with van der Waals surface area (Å²) in [6, 6.07) is 10.7. The van der Waals surface area contributed by atoms with Gasteiger partial charge in [-0.05, 0) is 61.9 Å². The normalized spacial score (nSPS) is 19.1. The number of hydrogen-bond donors (Lipinski definition) is 7. The highest BCUT2D eigenvalue weighted by molar-refractivity contribution is 6.27. The van der Waals surface area contributed by atoms with Crippen LogP contribution in [0.2, 0.25) is 0 Å². The van der Waals surface area contributed by atoms with E-state index in [-0.39, 0.29) is 31.6 Å². The molecule has 3 aromatic rings. The van der Waals surface area contributed by atoms with E-state index in [1.54, 1.807) is 18.3 Å². The number of aromatic nitrogens is 1. The highest BCUT2D eigenvalue weighted by Gasteiger charge is 2.56. The predicted molar refractivity (Wildman–Crippen MR) is 170 cm³/mol. The smallest absolute Gasteiger partial charge is 0.248 e. The third kappa shape index (κ3) is 7.26. The lowest BCUT2D eigenvalue weighted by molar-refractivity contribution is -0.161. The highest BCUT2D eigenvalue weighted by Crippen LogP contribution is 2.39. The molecule has 14 heteroatoms. The van der Waals surface area contributed by atoms with Gasteiger partial charge in [-0.15, -0.1) is 11.6 Å². The number of carbonyl (C=O) groups is 5. The molecule has 9 N–H and O–H groups in total. The molecule has 2 heterocycles. The van der Waals surface area contributed by atoms with Gasteiger partial charge in [0, 0.05) is 30.1 Å². The van der Waals surface area contributed by atoms with Gasteiger partial charge in [0.25, 0.3) is 0 Å². The number of benzene rings is 2. The first-order valence-electron chi connectivity index (χ1n) is 15.0. The van der Waals surface area contributed by atoms with E-state index in [2.05, 4.69) is 15.6 Å². The molecule has 0 radical (unpaired) electrons. The van der Waals surface area contributed by atoms with Gasteiger partial charge in [0.1, 0.15) is 29.3 Å². The van der Waals surface area contributed by atoms with Crippen molar-refractivity contribution in [3.63, 3.8) is 0 Å². The molecule has 1 aliphatic heterocycles. The zero-order valence-electron chi connectivity index (χ0n) is 25.4. The van der Waals surface area contributed by atoms with Crippen molar-refractivity contribution in [3.05, 3.63) is 65.9 Å². The molecule has 1 unspecified atom stereocenters. The summed E-state index contributed by atoms with van der Waals surface area (Å²) in [6.07, 6.45) is 1.15. The number of phenols is 1. The Labute approximate surface area is 270 Å². The molecule has 1 aromatic heterocycles. The number of fused-ring (bicyclic) bond motifs is 1. The number of rotatable bonds is 13. The van der Waals surface area contributed by atoms with E-state index in [0.29, 0.717) is 24.0 Å². The van der Waals surface area contributed by atoms with E-state index < -0.39 is 65.1 Å². The Hall–Kier alpha value is -4.62. The average Bonchev–Trinajstić information content (AvgIpc) is 3.45. The summed E-state index contributed by atoms with van der Waals surface area (Å²) in [4.78, 5) is 71.4. The van der Waals surface area contributed by atoms with Crippen LogP contribution in [0.25, 0.3) is 10.9 Å². The minimum absolute atomic E-state index is 0.00367. The van der Waals surface area contributed by atoms with Crippen LogP contribution in [0.5, 0.6) is 5.75 Å². The second kappa shape index (κ2) is 14.6. The summed E-state index contributed by atoms with van der Waals surface area (Å²) in [6.45, 7) is 1.32. The number of amides is 5. The van der Waals surface area contributed by atoms with Crippen LogP contribution in [0.15, 0.2) is 54.7 Å². The molecule has 0 aliphatic carbocycles. The van der Waals surface area contributed by atoms with E-state index in [4.69, 9.17) is 23.1 Å². The molecule has 1 saturated heterocycles. The molecule has 1 aliphatic rings. The maximum absolute atomic E-state index is 14.4. The molecule has 1 fully saturated rings. The van der Waals surface area contributed by atoms with Gasteiger partial charge >= 0.3 is 0 Å². The maximum Gasteiger partial charge on any atom is 0.248 e. The first-order valence-corrected chi connectivity index (χ1v) is 15.5. The van der Waals surface area contributed by atoms with Crippen molar-refractivity contribution in [2.75, 3.05) is 12.4 Å². The number of para-hydroxylation sites is 1. The summed E-state index contributed by atoms with van der Waals surface area (Å²) in [5, 5.41) is 26.1. The number of piperidine rings is 1. The number of aromatic hydroxyl groups is 1. The van der Waals surface area contributed by atoms with Gasteiger partial charge in [-0.1, -0.05) is 30.3 Å². The number of nitrogens with one attached hydrogen (secondary N) is 3. The first-order chi connectivity index (χ1) is 21.9. The van der Waals surface area contributed by atoms with Crippen LogP contribution in [0, 0.1) is 5.92 Å². The van der Waals surface area contributed by atoms with Crippen LogP contribution in [0.4, 0.5) is 0 Å². The molecular formula is C32H39ClN6O7. The van der Waals surface area contributed by atoms with Crippen molar-refractivity contribution in [2.24, 2.45) is 17.4 Å². The quantitative estimate of drug-likeness (QED) is 0.130. The van der Waals surface area contributed by atoms with Gasteiger partial charge in [-0.3, -0.25) is 24.0 Å². The van der Waals surface area contributed by atoms with Crippen LogP contribution in [0.3, 0.4) is 0 Å². The fraction of sp³-hybridized carbons (Fsp3) is 0.406. The van der Waals surface area contributed by atoms with E-state index in [1.807, 2.05) is 24.3 Å². The minimum Gasteiger partial charge on any atom is -0.508 e. The van der Waals surface area contributed by atoms with Gasteiger partial charge in [0.05, 0.1) is 12.0 Å². The Balaban J connectivity index is 1.81. The van der Waals surface area contributed by atoms with Crippen molar-refractivity contribution < 1.29 is 34.2 Å². The number of phenolic OH excluding ortho intramolecular Hbond substituents is 1. The van der Waals surface area contributed by atoms with Crippen LogP contribution < -0.4 is 22.1 Å². The molecule has 246 valence electrons. The van der Waals surface area contributed by atoms with E-state index >= 15 is 0 Å². The monoisotopic (exact) mass is 654 g/mol. The number of aliphatic hydroxyl groups is 1. The Kier molecular flexibility index (Phi) is 10.9. The van der Waals surface area contributed by atoms with Crippen molar-refractivity contribution in [2.45, 2.75) is 62.8 Å². The predicted octanol–water partition coefficient (Wildman–Crippen LogP) is 0.586. The Morgan fingerprint density at radius 1 is 1.02 bits per heavy atom. The fourth-order valence-corrected chi connectivity index (χ4v) is 6.30. The van der Waals surface area contributed by atoms with Gasteiger partial charge in [-0.2, -0.15) is 0 Å². The number of nitrogens with zero attached hydrogens (tertiary/aromatic N) is 1. The van der Waals surface area contributed by atoms with Crippen molar-refractivity contribution in [1.29, 1.82) is 0 Å². The summed E-state index contributed by atoms with van der Waals surface area (Å²) in [5.41, 5.74) is 12.0. The zero-order valence-corrected chi connectivity index (χ0v) is 26.1. The number of aliphatic hydroxyl groups excluding tert-OH is 1. The molecule has 4 rings (SSSR count). The lowest BCUT2D eigenvalue weighted by atomic mass is 9.71. The minimum atomic E-state index is -1.92. The van der Waals surface area contributed by atoms with E-state index in [0.717, 1.165) is 10.9 Å². The summed E-state index contributed by atoms with van der Waals surface area (Å²) >= 11 is 5.66. The lowest BCUT2D eigenvalue weighted by Crippen LogP contribution is -2.71. The Morgan fingerprint density at radius 3 is 2.35 bits per heavy atom. The molecule has 5 atom stereocenters. The van der Waals surface area contributed by atoms with Crippen molar-refractivity contribution in [3.8, 4) is 5.75 Å². The van der Waals surface area contributed by atoms with Crippen LogP contribution in [-0.4, -0.2) is 85.8 Å². The standard InChI is InChI=1S/C32H39ClN6O7/c1-18(40)27(38-26(42)16-33)30(45)39-13-5-4-12-32(39,31(35)46)23(15-20-17-36-24-7-3-2-6-22(20)24)29(44)37-25(28(34)43)14-19-8-10-21(41)11-9-19/h2-3,6-11,17-18,23,25,27,36,40-41H,4-5,12-16H2,1H3,(H2,34,43)(H2,35,46)(H,37,44)(H,38,42)/t18-,23+,25-,27-,32?/m0/s1. The number of aromatic amines is 1. The van der Waals surface area contributed by atoms with Gasteiger partial charge in [0.15, 0.2) is 0 Å². The molecule has 0 saturated carbocycles. The number of likely N-dealkylation sites (tertiary alicyclic amines) is 1. The van der Waals surface area contributed by atoms with Crippen LogP contribution in [0.1, 0.15) is 37.3 Å². The topological polar surface area (TPSA) is 221 Å². The summed E-state index contributed by atoms with van der Waals surface area (Å²) < 4.78 is 0. The number of carbonyl (C=O) groups excluding carboxylic acids is 5. The maximum atomic E-state index is 14.4. The molecule has 46 heavy (non-hydrogen) atoms. The zero-order chi connectivity index (χ0) is 33.6. The molecule has 5 amide bonds. The highest BCUT2D eigenvalue weighted by atomic mass is 35.5. The number of alkyl halides is 1.